The van der Waals surface area contributed by atoms with E-state index in [-0.39, 0.29) is 17.7 Å². The predicted octanol–water partition coefficient (Wildman–Crippen LogP) is 4.31. The number of hydrogen-bond acceptors (Lipinski definition) is 2. The van der Waals surface area contributed by atoms with E-state index in [9.17, 15) is 9.59 Å². The number of nitrogens with one attached hydrogen (secondary N) is 1. The Labute approximate surface area is 161 Å². The molecule has 5 heteroatoms. The van der Waals surface area contributed by atoms with Gasteiger partial charge in [0.05, 0.1) is 5.92 Å². The monoisotopic (exact) mass is 376 g/mol. The summed E-state index contributed by atoms with van der Waals surface area (Å²) in [6.45, 7) is 1.06. The number of piperidine rings is 1. The first-order valence-electron chi connectivity index (χ1n) is 9.94. The van der Waals surface area contributed by atoms with E-state index in [2.05, 4.69) is 5.32 Å². The summed E-state index contributed by atoms with van der Waals surface area (Å²) in [6.07, 6.45) is 9.58. The quantitative estimate of drug-likeness (QED) is 0.851. The molecule has 1 aliphatic heterocycles. The van der Waals surface area contributed by atoms with E-state index in [0.29, 0.717) is 37.0 Å². The second kappa shape index (κ2) is 9.40. The topological polar surface area (TPSA) is 49.4 Å². The number of rotatable bonds is 4. The maximum atomic E-state index is 12.7. The summed E-state index contributed by atoms with van der Waals surface area (Å²) in [5.41, 5.74) is 1.05. The fourth-order valence-corrected chi connectivity index (χ4v) is 4.14. The lowest BCUT2D eigenvalue weighted by Gasteiger charge is -2.33. The summed E-state index contributed by atoms with van der Waals surface area (Å²) in [5, 5.41) is 3.96. The first-order chi connectivity index (χ1) is 12.6. The number of nitrogens with zero attached hydrogens (tertiary/aromatic N) is 1. The van der Waals surface area contributed by atoms with E-state index in [1.54, 1.807) is 0 Å². The van der Waals surface area contributed by atoms with E-state index in [0.717, 1.165) is 18.4 Å². The van der Waals surface area contributed by atoms with Gasteiger partial charge in [-0.25, -0.2) is 0 Å². The van der Waals surface area contributed by atoms with Crippen molar-refractivity contribution in [3.63, 3.8) is 0 Å². The number of carbonyl (C=O) groups excluding carboxylic acids is 2. The van der Waals surface area contributed by atoms with Crippen LogP contribution in [0.25, 0.3) is 0 Å². The molecule has 1 heterocycles. The molecule has 1 saturated heterocycles. The lowest BCUT2D eigenvalue weighted by Crippen LogP contribution is -2.47. The lowest BCUT2D eigenvalue weighted by molar-refractivity contribution is -0.139. The SMILES string of the molecule is O=C(NC1CCCCCCC1)C1CCC(=O)N(Cc2ccc(Cl)cc2)C1. The molecule has 0 spiro atoms. The minimum absolute atomic E-state index is 0.0922. The molecular weight excluding hydrogens is 348 g/mol. The van der Waals surface area contributed by atoms with Gasteiger partial charge in [0, 0.05) is 30.6 Å². The minimum Gasteiger partial charge on any atom is -0.353 e. The highest BCUT2D eigenvalue weighted by atomic mass is 35.5. The second-order valence-electron chi connectivity index (χ2n) is 7.69. The Morgan fingerprint density at radius 2 is 1.69 bits per heavy atom. The highest BCUT2D eigenvalue weighted by molar-refractivity contribution is 6.30. The Hall–Kier alpha value is -1.55. The van der Waals surface area contributed by atoms with Crippen LogP contribution in [-0.2, 0) is 16.1 Å². The molecule has 2 aliphatic rings. The summed E-state index contributed by atoms with van der Waals surface area (Å²) >= 11 is 5.93. The van der Waals surface area contributed by atoms with Crippen LogP contribution in [0.3, 0.4) is 0 Å². The average molecular weight is 377 g/mol. The molecule has 1 N–H and O–H groups in total. The predicted molar refractivity (Wildman–Crippen MR) is 104 cm³/mol. The number of benzene rings is 1. The first kappa shape index (κ1) is 19.2. The highest BCUT2D eigenvalue weighted by Gasteiger charge is 2.31. The van der Waals surface area contributed by atoms with Crippen LogP contribution in [0.2, 0.25) is 5.02 Å². The van der Waals surface area contributed by atoms with Crippen LogP contribution in [0.4, 0.5) is 0 Å². The summed E-state index contributed by atoms with van der Waals surface area (Å²) in [6, 6.07) is 7.86. The maximum Gasteiger partial charge on any atom is 0.225 e. The molecule has 4 nitrogen and oxygen atoms in total. The van der Waals surface area contributed by atoms with Crippen molar-refractivity contribution in [1.82, 2.24) is 10.2 Å². The smallest absolute Gasteiger partial charge is 0.225 e. The van der Waals surface area contributed by atoms with Gasteiger partial charge in [0.2, 0.25) is 11.8 Å². The third-order valence-electron chi connectivity index (χ3n) is 5.61. The van der Waals surface area contributed by atoms with Gasteiger partial charge in [0.25, 0.3) is 0 Å². The molecule has 1 unspecified atom stereocenters. The zero-order valence-corrected chi connectivity index (χ0v) is 16.1. The van der Waals surface area contributed by atoms with Gasteiger partial charge in [-0.15, -0.1) is 0 Å². The van der Waals surface area contributed by atoms with Crippen LogP contribution in [-0.4, -0.2) is 29.3 Å². The molecular formula is C21H29ClN2O2. The fraction of sp³-hybridized carbons (Fsp3) is 0.619. The standard InChI is InChI=1S/C21H29ClN2O2/c22-18-11-8-16(9-12-18)14-24-15-17(10-13-20(24)25)21(26)23-19-6-4-2-1-3-5-7-19/h8-9,11-12,17,19H,1-7,10,13-15H2,(H,23,26). The van der Waals surface area contributed by atoms with E-state index >= 15 is 0 Å². The van der Waals surface area contributed by atoms with E-state index in [1.807, 2.05) is 29.2 Å². The molecule has 2 amide bonds. The number of halogens is 1. The van der Waals surface area contributed by atoms with Crippen molar-refractivity contribution in [3.8, 4) is 0 Å². The summed E-state index contributed by atoms with van der Waals surface area (Å²) in [5.74, 6) is 0.171. The van der Waals surface area contributed by atoms with Gasteiger partial charge >= 0.3 is 0 Å². The summed E-state index contributed by atoms with van der Waals surface area (Å²) in [7, 11) is 0. The van der Waals surface area contributed by atoms with Crippen LogP contribution in [0.5, 0.6) is 0 Å². The van der Waals surface area contributed by atoms with Crippen molar-refractivity contribution in [2.24, 2.45) is 5.92 Å². The minimum atomic E-state index is -0.0922. The molecule has 26 heavy (non-hydrogen) atoms. The molecule has 1 aliphatic carbocycles. The summed E-state index contributed by atoms with van der Waals surface area (Å²) < 4.78 is 0. The van der Waals surface area contributed by atoms with Gasteiger partial charge in [-0.1, -0.05) is 55.8 Å². The third-order valence-corrected chi connectivity index (χ3v) is 5.86. The molecule has 0 radical (unpaired) electrons. The largest absolute Gasteiger partial charge is 0.353 e. The van der Waals surface area contributed by atoms with Crippen LogP contribution in [0, 0.1) is 5.92 Å². The molecule has 0 bridgehead atoms. The third kappa shape index (κ3) is 5.47. The molecule has 1 saturated carbocycles. The van der Waals surface area contributed by atoms with E-state index < -0.39 is 0 Å². The van der Waals surface area contributed by atoms with E-state index in [4.69, 9.17) is 11.6 Å². The van der Waals surface area contributed by atoms with Crippen molar-refractivity contribution >= 4 is 23.4 Å². The van der Waals surface area contributed by atoms with Crippen molar-refractivity contribution in [2.75, 3.05) is 6.54 Å². The zero-order chi connectivity index (χ0) is 18.4. The van der Waals surface area contributed by atoms with Crippen LogP contribution >= 0.6 is 11.6 Å². The zero-order valence-electron chi connectivity index (χ0n) is 15.4. The van der Waals surface area contributed by atoms with Gasteiger partial charge in [0.1, 0.15) is 0 Å². The van der Waals surface area contributed by atoms with Crippen LogP contribution in [0.15, 0.2) is 24.3 Å². The number of carbonyl (C=O) groups is 2. The molecule has 1 aromatic rings. The van der Waals surface area contributed by atoms with Gasteiger partial charge in [-0.05, 0) is 37.0 Å². The van der Waals surface area contributed by atoms with Crippen molar-refractivity contribution in [2.45, 2.75) is 70.4 Å². The van der Waals surface area contributed by atoms with Gasteiger partial charge in [0.15, 0.2) is 0 Å². The number of likely N-dealkylation sites (tertiary alicyclic amines) is 1. The molecule has 2 fully saturated rings. The van der Waals surface area contributed by atoms with Crippen LogP contribution < -0.4 is 5.32 Å². The normalized spacial score (nSPS) is 22.6. The van der Waals surface area contributed by atoms with Gasteiger partial charge in [-0.3, -0.25) is 9.59 Å². The Kier molecular flexibility index (Phi) is 6.95. The second-order valence-corrected chi connectivity index (χ2v) is 8.12. The fourth-order valence-electron chi connectivity index (χ4n) is 4.01. The lowest BCUT2D eigenvalue weighted by atomic mass is 9.93. The van der Waals surface area contributed by atoms with E-state index in [1.165, 1.54) is 32.1 Å². The molecule has 142 valence electrons. The van der Waals surface area contributed by atoms with Crippen LogP contribution in [0.1, 0.15) is 63.4 Å². The molecule has 1 aromatic carbocycles. The van der Waals surface area contributed by atoms with Gasteiger partial charge in [-0.2, -0.15) is 0 Å². The Balaban J connectivity index is 1.55. The molecule has 1 atom stereocenters. The number of hydrogen-bond donors (Lipinski definition) is 1. The Bertz CT molecular complexity index is 609. The van der Waals surface area contributed by atoms with Crippen molar-refractivity contribution in [3.05, 3.63) is 34.9 Å². The molecule has 3 rings (SSSR count). The summed E-state index contributed by atoms with van der Waals surface area (Å²) in [4.78, 5) is 26.8. The highest BCUT2D eigenvalue weighted by Crippen LogP contribution is 2.22. The Morgan fingerprint density at radius 1 is 1.04 bits per heavy atom. The first-order valence-corrected chi connectivity index (χ1v) is 10.3. The maximum absolute atomic E-state index is 12.7. The van der Waals surface area contributed by atoms with Crippen molar-refractivity contribution < 1.29 is 9.59 Å². The molecule has 0 aromatic heterocycles. The average Bonchev–Trinajstić information content (AvgIpc) is 2.61. The van der Waals surface area contributed by atoms with Gasteiger partial charge < -0.3 is 10.2 Å². The van der Waals surface area contributed by atoms with Crippen molar-refractivity contribution in [1.29, 1.82) is 0 Å². The Morgan fingerprint density at radius 3 is 2.38 bits per heavy atom. The number of amides is 2.